The molecule has 6 nitrogen and oxygen atoms in total. The molecule has 2 N–H and O–H groups in total. The summed E-state index contributed by atoms with van der Waals surface area (Å²) in [5, 5.41) is 7.90. The van der Waals surface area contributed by atoms with Gasteiger partial charge in [-0.15, -0.1) is 0 Å². The largest absolute Gasteiger partial charge is 0.345 e. The summed E-state index contributed by atoms with van der Waals surface area (Å²) in [7, 11) is 0. The molecule has 0 unspecified atom stereocenters. The third kappa shape index (κ3) is 3.65. The number of fused-ring (bicyclic) bond motifs is 1. The number of carbonyl (C=O) groups excluding carboxylic acids is 1. The van der Waals surface area contributed by atoms with Gasteiger partial charge in [-0.25, -0.2) is 9.67 Å². The first-order valence-corrected chi connectivity index (χ1v) is 10.7. The van der Waals surface area contributed by atoms with Crippen LogP contribution in [0.15, 0.2) is 61.1 Å². The molecular formula is C25H25N5O. The second-order valence-corrected chi connectivity index (χ2v) is 8.16. The predicted octanol–water partition coefficient (Wildman–Crippen LogP) is 4.69. The standard InChI is InChI=1S/C25H25N5O/c1-16-9-10-20(13-17(16)2)30-23-8-4-7-22(21(23)15-28-30)29-25(31)19-6-3-5-18(14-19)24-26-11-12-27-24/h3,5-6,9-15,22H,4,7-8H2,1-2H3,(H,26,27)(H,29,31)/t22-/m0/s1. The van der Waals surface area contributed by atoms with Crippen molar-refractivity contribution in [2.24, 2.45) is 0 Å². The van der Waals surface area contributed by atoms with Crippen molar-refractivity contribution in [2.75, 3.05) is 0 Å². The minimum Gasteiger partial charge on any atom is -0.345 e. The number of nitrogens with one attached hydrogen (secondary N) is 2. The Morgan fingerprint density at radius 3 is 2.87 bits per heavy atom. The lowest BCUT2D eigenvalue weighted by Gasteiger charge is -2.24. The molecule has 0 bridgehead atoms. The summed E-state index contributed by atoms with van der Waals surface area (Å²) in [6.07, 6.45) is 8.28. The van der Waals surface area contributed by atoms with Crippen LogP contribution in [0.3, 0.4) is 0 Å². The number of aromatic amines is 1. The molecule has 0 saturated carbocycles. The number of rotatable bonds is 4. The minimum atomic E-state index is -0.0785. The van der Waals surface area contributed by atoms with Gasteiger partial charge in [0.15, 0.2) is 0 Å². The maximum atomic E-state index is 13.0. The predicted molar refractivity (Wildman–Crippen MR) is 120 cm³/mol. The van der Waals surface area contributed by atoms with Crippen molar-refractivity contribution >= 4 is 5.91 Å². The van der Waals surface area contributed by atoms with E-state index in [-0.39, 0.29) is 11.9 Å². The summed E-state index contributed by atoms with van der Waals surface area (Å²) in [6, 6.07) is 13.9. The first-order chi connectivity index (χ1) is 15.1. The van der Waals surface area contributed by atoms with E-state index in [1.165, 1.54) is 16.8 Å². The van der Waals surface area contributed by atoms with Crippen LogP contribution in [0.4, 0.5) is 0 Å². The zero-order valence-electron chi connectivity index (χ0n) is 17.7. The maximum Gasteiger partial charge on any atom is 0.251 e. The number of carbonyl (C=O) groups is 1. The zero-order chi connectivity index (χ0) is 21.4. The van der Waals surface area contributed by atoms with E-state index in [1.54, 1.807) is 12.4 Å². The normalized spacial score (nSPS) is 15.5. The summed E-state index contributed by atoms with van der Waals surface area (Å²) in [6.45, 7) is 4.23. The van der Waals surface area contributed by atoms with Gasteiger partial charge in [-0.1, -0.05) is 18.2 Å². The highest BCUT2D eigenvalue weighted by molar-refractivity contribution is 5.95. The molecule has 0 aliphatic heterocycles. The molecular weight excluding hydrogens is 386 g/mol. The van der Waals surface area contributed by atoms with Crippen LogP contribution in [0, 0.1) is 13.8 Å². The number of nitrogens with zero attached hydrogens (tertiary/aromatic N) is 3. The van der Waals surface area contributed by atoms with Gasteiger partial charge in [-0.3, -0.25) is 4.79 Å². The molecule has 0 fully saturated rings. The van der Waals surface area contributed by atoms with Crippen molar-refractivity contribution < 1.29 is 4.79 Å². The number of imidazole rings is 1. The molecule has 1 amide bonds. The summed E-state index contributed by atoms with van der Waals surface area (Å²) >= 11 is 0. The fourth-order valence-corrected chi connectivity index (χ4v) is 4.26. The van der Waals surface area contributed by atoms with E-state index < -0.39 is 0 Å². The Hall–Kier alpha value is -3.67. The fraction of sp³-hybridized carbons (Fsp3) is 0.240. The molecule has 31 heavy (non-hydrogen) atoms. The monoisotopic (exact) mass is 411 g/mol. The first-order valence-electron chi connectivity index (χ1n) is 10.7. The van der Waals surface area contributed by atoms with Crippen LogP contribution in [0.25, 0.3) is 17.1 Å². The summed E-state index contributed by atoms with van der Waals surface area (Å²) in [5.41, 5.74) is 7.41. The Balaban J connectivity index is 1.40. The molecule has 156 valence electrons. The van der Waals surface area contributed by atoms with Gasteiger partial charge in [0.25, 0.3) is 5.91 Å². The Morgan fingerprint density at radius 1 is 1.16 bits per heavy atom. The molecule has 0 spiro atoms. The molecule has 2 heterocycles. The highest BCUT2D eigenvalue weighted by Crippen LogP contribution is 2.32. The van der Waals surface area contributed by atoms with Gasteiger partial charge in [0.05, 0.1) is 17.9 Å². The molecule has 6 heteroatoms. The lowest BCUT2D eigenvalue weighted by molar-refractivity contribution is 0.0932. The molecule has 1 atom stereocenters. The van der Waals surface area contributed by atoms with E-state index in [2.05, 4.69) is 52.4 Å². The van der Waals surface area contributed by atoms with E-state index in [9.17, 15) is 4.79 Å². The average molecular weight is 412 g/mol. The van der Waals surface area contributed by atoms with E-state index in [0.717, 1.165) is 41.9 Å². The summed E-state index contributed by atoms with van der Waals surface area (Å²) in [5.74, 6) is 0.675. The number of hydrogen-bond acceptors (Lipinski definition) is 3. The van der Waals surface area contributed by atoms with Crippen LogP contribution < -0.4 is 5.32 Å². The number of aryl methyl sites for hydroxylation is 2. The Kier molecular flexibility index (Phi) is 4.90. The molecule has 1 aliphatic carbocycles. The minimum absolute atomic E-state index is 0.0381. The first kappa shape index (κ1) is 19.3. The quantitative estimate of drug-likeness (QED) is 0.512. The van der Waals surface area contributed by atoms with Crippen molar-refractivity contribution in [1.82, 2.24) is 25.1 Å². The lowest BCUT2D eigenvalue weighted by atomic mass is 9.92. The van der Waals surface area contributed by atoms with Crippen LogP contribution in [0.2, 0.25) is 0 Å². The molecule has 4 aromatic rings. The van der Waals surface area contributed by atoms with Crippen LogP contribution in [-0.2, 0) is 6.42 Å². The Labute approximate surface area is 181 Å². The number of H-pyrrole nitrogens is 1. The highest BCUT2D eigenvalue weighted by atomic mass is 16.1. The topological polar surface area (TPSA) is 75.6 Å². The second kappa shape index (κ2) is 7.87. The van der Waals surface area contributed by atoms with Crippen molar-refractivity contribution in [2.45, 2.75) is 39.2 Å². The van der Waals surface area contributed by atoms with Gasteiger partial charge in [0.2, 0.25) is 0 Å². The van der Waals surface area contributed by atoms with Crippen LogP contribution in [0.1, 0.15) is 51.6 Å². The maximum absolute atomic E-state index is 13.0. The SMILES string of the molecule is Cc1ccc(-n2ncc3c2CCC[C@@H]3NC(=O)c2cccc(-c3ncc[nH]3)c2)cc1C. The van der Waals surface area contributed by atoms with Crippen LogP contribution in [-0.4, -0.2) is 25.7 Å². The van der Waals surface area contributed by atoms with Gasteiger partial charge in [-0.2, -0.15) is 5.10 Å². The van der Waals surface area contributed by atoms with Gasteiger partial charge < -0.3 is 10.3 Å². The Bertz CT molecular complexity index is 1240. The molecule has 0 saturated heterocycles. The van der Waals surface area contributed by atoms with Crippen LogP contribution in [0.5, 0.6) is 0 Å². The van der Waals surface area contributed by atoms with E-state index in [0.29, 0.717) is 5.56 Å². The Morgan fingerprint density at radius 2 is 2.06 bits per heavy atom. The summed E-state index contributed by atoms with van der Waals surface area (Å²) in [4.78, 5) is 20.4. The zero-order valence-corrected chi connectivity index (χ0v) is 17.7. The van der Waals surface area contributed by atoms with Gasteiger partial charge in [0, 0.05) is 34.8 Å². The average Bonchev–Trinajstić information content (AvgIpc) is 3.47. The van der Waals surface area contributed by atoms with Crippen molar-refractivity contribution in [3.8, 4) is 17.1 Å². The van der Waals surface area contributed by atoms with Crippen molar-refractivity contribution in [1.29, 1.82) is 0 Å². The summed E-state index contributed by atoms with van der Waals surface area (Å²) < 4.78 is 2.03. The molecule has 2 aromatic heterocycles. The third-order valence-corrected chi connectivity index (χ3v) is 6.12. The number of aromatic nitrogens is 4. The number of benzene rings is 2. The molecule has 1 aliphatic rings. The number of amides is 1. The second-order valence-electron chi connectivity index (χ2n) is 8.16. The molecule has 0 radical (unpaired) electrons. The molecule has 5 rings (SSSR count). The number of hydrogen-bond donors (Lipinski definition) is 2. The van der Waals surface area contributed by atoms with E-state index in [4.69, 9.17) is 0 Å². The van der Waals surface area contributed by atoms with E-state index in [1.807, 2.05) is 35.1 Å². The van der Waals surface area contributed by atoms with Gasteiger partial charge >= 0.3 is 0 Å². The van der Waals surface area contributed by atoms with Crippen molar-refractivity contribution in [3.63, 3.8) is 0 Å². The van der Waals surface area contributed by atoms with Crippen molar-refractivity contribution in [3.05, 3.63) is 89.0 Å². The van der Waals surface area contributed by atoms with Gasteiger partial charge in [-0.05, 0) is 68.5 Å². The molecule has 2 aromatic carbocycles. The van der Waals surface area contributed by atoms with E-state index >= 15 is 0 Å². The third-order valence-electron chi connectivity index (χ3n) is 6.12. The highest BCUT2D eigenvalue weighted by Gasteiger charge is 2.26. The lowest BCUT2D eigenvalue weighted by Crippen LogP contribution is -2.31. The fourth-order valence-electron chi connectivity index (χ4n) is 4.26. The van der Waals surface area contributed by atoms with Crippen LogP contribution >= 0.6 is 0 Å². The smallest absolute Gasteiger partial charge is 0.251 e. The van der Waals surface area contributed by atoms with Gasteiger partial charge in [0.1, 0.15) is 5.82 Å².